The van der Waals surface area contributed by atoms with Gasteiger partial charge in [-0.3, -0.25) is 0 Å². The molecule has 8 heteroatoms. The van der Waals surface area contributed by atoms with Crippen molar-refractivity contribution in [3.05, 3.63) is 53.7 Å². The molecule has 0 amide bonds. The van der Waals surface area contributed by atoms with Crippen LogP contribution >= 0.6 is 23.1 Å². The van der Waals surface area contributed by atoms with Gasteiger partial charge in [0.25, 0.3) is 0 Å². The van der Waals surface area contributed by atoms with Crippen LogP contribution in [-0.4, -0.2) is 15.5 Å². The van der Waals surface area contributed by atoms with Crippen molar-refractivity contribution in [2.75, 3.05) is 5.32 Å². The molecule has 124 valence electrons. The molecule has 0 unspecified atom stereocenters. The van der Waals surface area contributed by atoms with Crippen molar-refractivity contribution < 1.29 is 13.2 Å². The predicted molar refractivity (Wildman–Crippen MR) is 91.7 cm³/mol. The Kier molecular flexibility index (Phi) is 4.77. The molecule has 0 saturated carbocycles. The van der Waals surface area contributed by atoms with E-state index in [1.54, 1.807) is 36.5 Å². The smallest absolute Gasteiger partial charge is 0.316 e. The summed E-state index contributed by atoms with van der Waals surface area (Å²) in [4.78, 5) is 8.65. The third-order valence-corrected chi connectivity index (χ3v) is 4.72. The maximum absolute atomic E-state index is 12.7. The highest BCUT2D eigenvalue weighted by Crippen LogP contribution is 2.41. The second kappa shape index (κ2) is 6.82. The average molecular weight is 367 g/mol. The normalized spacial score (nSPS) is 11.5. The van der Waals surface area contributed by atoms with E-state index in [0.29, 0.717) is 22.1 Å². The molecule has 3 aromatic rings. The molecule has 0 radical (unpaired) electrons. The third kappa shape index (κ3) is 4.27. The zero-order chi connectivity index (χ0) is 17.2. The van der Waals surface area contributed by atoms with E-state index in [9.17, 15) is 13.2 Å². The first-order valence-electron chi connectivity index (χ1n) is 6.91. The number of hydrogen-bond donors (Lipinski definition) is 1. The molecule has 24 heavy (non-hydrogen) atoms. The van der Waals surface area contributed by atoms with Crippen molar-refractivity contribution in [2.45, 2.75) is 17.3 Å². The lowest BCUT2D eigenvalue weighted by Gasteiger charge is -2.12. The number of pyridine rings is 1. The van der Waals surface area contributed by atoms with E-state index in [0.717, 1.165) is 5.69 Å². The molecule has 2 aromatic heterocycles. The number of aryl methyl sites for hydroxylation is 1. The number of thiazole rings is 1. The summed E-state index contributed by atoms with van der Waals surface area (Å²) in [5, 5.41) is 5.66. The van der Waals surface area contributed by atoms with Crippen LogP contribution in [0.4, 0.5) is 24.1 Å². The van der Waals surface area contributed by atoms with Crippen LogP contribution in [0.2, 0.25) is 0 Å². The van der Waals surface area contributed by atoms with Crippen LogP contribution < -0.4 is 5.32 Å². The molecular weight excluding hydrogens is 355 g/mol. The lowest BCUT2D eigenvalue weighted by atomic mass is 10.1. The molecule has 3 nitrogen and oxygen atoms in total. The highest BCUT2D eigenvalue weighted by atomic mass is 32.2. The minimum Gasteiger partial charge on any atom is -0.316 e. The molecule has 0 aliphatic rings. The summed E-state index contributed by atoms with van der Waals surface area (Å²) >= 11 is 1.33. The van der Waals surface area contributed by atoms with Gasteiger partial charge in [0.2, 0.25) is 0 Å². The van der Waals surface area contributed by atoms with Gasteiger partial charge in [0.1, 0.15) is 5.82 Å². The Hall–Kier alpha value is -2.06. The molecule has 0 atom stereocenters. The standard InChI is InChI=1S/C16H12F3N3S2/c1-10-9-23-15(21-10)22-14-8-11(6-7-20-14)12-4-2-3-5-13(12)24-16(17,18)19/h2-9H,1H3,(H,20,21,22). The second-order valence-corrected chi connectivity index (χ2v) is 6.86. The summed E-state index contributed by atoms with van der Waals surface area (Å²) in [6, 6.07) is 9.84. The Morgan fingerprint density at radius 1 is 1.17 bits per heavy atom. The lowest BCUT2D eigenvalue weighted by molar-refractivity contribution is -0.0327. The van der Waals surface area contributed by atoms with E-state index in [4.69, 9.17) is 0 Å². The number of aromatic nitrogens is 2. The third-order valence-electron chi connectivity index (χ3n) is 3.04. The Balaban J connectivity index is 1.92. The fourth-order valence-electron chi connectivity index (χ4n) is 2.11. The van der Waals surface area contributed by atoms with E-state index in [-0.39, 0.29) is 16.7 Å². The second-order valence-electron chi connectivity index (χ2n) is 4.89. The van der Waals surface area contributed by atoms with E-state index in [1.807, 2.05) is 12.3 Å². The number of nitrogens with one attached hydrogen (secondary N) is 1. The van der Waals surface area contributed by atoms with Crippen LogP contribution in [0.25, 0.3) is 11.1 Å². The van der Waals surface area contributed by atoms with Crippen LogP contribution in [0.5, 0.6) is 0 Å². The number of halogens is 3. The van der Waals surface area contributed by atoms with E-state index >= 15 is 0 Å². The van der Waals surface area contributed by atoms with Crippen LogP contribution in [0.15, 0.2) is 52.9 Å². The van der Waals surface area contributed by atoms with Crippen LogP contribution in [0.1, 0.15) is 5.69 Å². The number of rotatable bonds is 4. The summed E-state index contributed by atoms with van der Waals surface area (Å²) in [6.45, 7) is 1.89. The predicted octanol–water partition coefficient (Wildman–Crippen LogP) is 5.87. The summed E-state index contributed by atoms with van der Waals surface area (Å²) in [7, 11) is 0. The molecule has 0 saturated heterocycles. The van der Waals surface area contributed by atoms with Crippen LogP contribution in [-0.2, 0) is 0 Å². The van der Waals surface area contributed by atoms with Gasteiger partial charge in [-0.05, 0) is 48.0 Å². The summed E-state index contributed by atoms with van der Waals surface area (Å²) < 4.78 is 38.2. The van der Waals surface area contributed by atoms with Gasteiger partial charge in [-0.25, -0.2) is 9.97 Å². The Morgan fingerprint density at radius 2 is 1.96 bits per heavy atom. The van der Waals surface area contributed by atoms with Crippen LogP contribution in [0, 0.1) is 6.92 Å². The van der Waals surface area contributed by atoms with E-state index in [2.05, 4.69) is 15.3 Å². The lowest BCUT2D eigenvalue weighted by Crippen LogP contribution is -2.00. The fourth-order valence-corrected chi connectivity index (χ4v) is 3.49. The van der Waals surface area contributed by atoms with Crippen molar-refractivity contribution in [3.8, 4) is 11.1 Å². The van der Waals surface area contributed by atoms with Gasteiger partial charge >= 0.3 is 5.51 Å². The zero-order valence-corrected chi connectivity index (χ0v) is 14.1. The maximum atomic E-state index is 12.7. The fraction of sp³-hybridized carbons (Fsp3) is 0.125. The van der Waals surface area contributed by atoms with Gasteiger partial charge in [-0.1, -0.05) is 18.2 Å². The van der Waals surface area contributed by atoms with E-state index < -0.39 is 5.51 Å². The average Bonchev–Trinajstić information content (AvgIpc) is 2.91. The monoisotopic (exact) mass is 367 g/mol. The summed E-state index contributed by atoms with van der Waals surface area (Å²) in [5.41, 5.74) is -2.26. The first-order chi connectivity index (χ1) is 11.4. The molecule has 1 aromatic carbocycles. The number of thioether (sulfide) groups is 1. The first kappa shape index (κ1) is 16.8. The number of hydrogen-bond acceptors (Lipinski definition) is 5. The van der Waals surface area contributed by atoms with Crippen molar-refractivity contribution in [2.24, 2.45) is 0 Å². The minimum absolute atomic E-state index is 0.116. The number of alkyl halides is 3. The van der Waals surface area contributed by atoms with Crippen molar-refractivity contribution >= 4 is 34.0 Å². The zero-order valence-electron chi connectivity index (χ0n) is 12.5. The SMILES string of the molecule is Cc1csc(Nc2cc(-c3ccccc3SC(F)(F)F)ccn2)n1. The van der Waals surface area contributed by atoms with Crippen molar-refractivity contribution in [3.63, 3.8) is 0 Å². The van der Waals surface area contributed by atoms with Gasteiger partial charge in [0, 0.05) is 16.5 Å². The molecule has 0 bridgehead atoms. The van der Waals surface area contributed by atoms with Gasteiger partial charge in [-0.2, -0.15) is 13.2 Å². The van der Waals surface area contributed by atoms with Gasteiger partial charge < -0.3 is 5.32 Å². The molecule has 0 aliphatic carbocycles. The van der Waals surface area contributed by atoms with E-state index in [1.165, 1.54) is 17.4 Å². The Labute approximate surface area is 145 Å². The van der Waals surface area contributed by atoms with Gasteiger partial charge in [-0.15, -0.1) is 11.3 Å². The summed E-state index contributed by atoms with van der Waals surface area (Å²) in [5.74, 6) is 0.536. The topological polar surface area (TPSA) is 37.8 Å². The van der Waals surface area contributed by atoms with Gasteiger partial charge in [0.05, 0.1) is 5.69 Å². The first-order valence-corrected chi connectivity index (χ1v) is 8.61. The van der Waals surface area contributed by atoms with Gasteiger partial charge in [0.15, 0.2) is 5.13 Å². The molecule has 1 N–H and O–H groups in total. The highest BCUT2D eigenvalue weighted by Gasteiger charge is 2.30. The Morgan fingerprint density at radius 3 is 2.67 bits per heavy atom. The van der Waals surface area contributed by atoms with Crippen molar-refractivity contribution in [1.82, 2.24) is 9.97 Å². The van der Waals surface area contributed by atoms with Crippen LogP contribution in [0.3, 0.4) is 0 Å². The summed E-state index contributed by atoms with van der Waals surface area (Å²) in [6.07, 6.45) is 1.56. The Bertz CT molecular complexity index is 846. The molecule has 0 spiro atoms. The number of nitrogens with zero attached hydrogens (tertiary/aromatic N) is 2. The molecule has 0 aliphatic heterocycles. The minimum atomic E-state index is -4.33. The molecular formula is C16H12F3N3S2. The molecule has 0 fully saturated rings. The number of benzene rings is 1. The number of anilines is 2. The quantitative estimate of drug-likeness (QED) is 0.585. The molecule has 3 rings (SSSR count). The largest absolute Gasteiger partial charge is 0.446 e. The highest BCUT2D eigenvalue weighted by molar-refractivity contribution is 8.00. The molecule has 2 heterocycles. The van der Waals surface area contributed by atoms with Crippen molar-refractivity contribution in [1.29, 1.82) is 0 Å². The maximum Gasteiger partial charge on any atom is 0.446 e.